The summed E-state index contributed by atoms with van der Waals surface area (Å²) in [5.41, 5.74) is 15.7. The van der Waals surface area contributed by atoms with E-state index in [9.17, 15) is 0 Å². The summed E-state index contributed by atoms with van der Waals surface area (Å²) in [5.74, 6) is 1.53. The van der Waals surface area contributed by atoms with Crippen LogP contribution < -0.4 is 5.32 Å². The molecule has 0 saturated heterocycles. The Morgan fingerprint density at radius 1 is 0.525 bits per heavy atom. The third kappa shape index (κ3) is 5.11. The fourth-order valence-corrected chi connectivity index (χ4v) is 9.61. The zero-order valence-corrected chi connectivity index (χ0v) is 32.6. The van der Waals surface area contributed by atoms with E-state index in [1.807, 2.05) is 24.3 Å². The molecule has 0 radical (unpaired) electrons. The molecule has 1 unspecified atom stereocenters. The molecular weight excluding hydrogens is 721 g/mol. The molecule has 2 aliphatic rings. The van der Waals surface area contributed by atoms with Gasteiger partial charge < -0.3 is 14.3 Å². The Morgan fingerprint density at radius 2 is 1.20 bits per heavy atom. The third-order valence-corrected chi connectivity index (χ3v) is 12.5. The monoisotopic (exact) mass is 758 g/mol. The van der Waals surface area contributed by atoms with Crippen LogP contribution in [0.2, 0.25) is 0 Å². The van der Waals surface area contributed by atoms with Gasteiger partial charge in [0.2, 0.25) is 0 Å². The number of benzene rings is 8. The molecule has 0 bridgehead atoms. The van der Waals surface area contributed by atoms with Gasteiger partial charge in [0, 0.05) is 49.3 Å². The number of aromatic nitrogens is 1. The molecule has 8 aromatic carbocycles. The Hall–Kier alpha value is -7.50. The Balaban J connectivity index is 0.963. The first-order valence-corrected chi connectivity index (χ1v) is 20.3. The number of amidine groups is 2. The Labute approximate surface area is 341 Å². The molecule has 5 nitrogen and oxygen atoms in total. The average Bonchev–Trinajstić information content (AvgIpc) is 3.92. The molecular formula is C54H38N4O. The van der Waals surface area contributed by atoms with Crippen LogP contribution in [0.25, 0.3) is 71.7 Å². The van der Waals surface area contributed by atoms with E-state index in [1.165, 1.54) is 44.1 Å². The summed E-state index contributed by atoms with van der Waals surface area (Å²) >= 11 is 0. The van der Waals surface area contributed by atoms with E-state index in [2.05, 4.69) is 181 Å². The quantitative estimate of drug-likeness (QED) is 0.190. The van der Waals surface area contributed by atoms with Crippen molar-refractivity contribution in [1.82, 2.24) is 9.88 Å². The first kappa shape index (κ1) is 33.6. The predicted octanol–water partition coefficient (Wildman–Crippen LogP) is 13.2. The van der Waals surface area contributed by atoms with E-state index in [1.54, 1.807) is 0 Å². The highest BCUT2D eigenvalue weighted by Crippen LogP contribution is 2.53. The number of hydrogen-bond acceptors (Lipinski definition) is 4. The number of rotatable bonds is 5. The molecule has 59 heavy (non-hydrogen) atoms. The lowest BCUT2D eigenvalue weighted by Gasteiger charge is -2.22. The van der Waals surface area contributed by atoms with Crippen molar-refractivity contribution in [1.29, 1.82) is 0 Å². The van der Waals surface area contributed by atoms with Crippen LogP contribution in [0.5, 0.6) is 0 Å². The van der Waals surface area contributed by atoms with Crippen LogP contribution in [0.4, 0.5) is 0 Å². The van der Waals surface area contributed by atoms with Crippen LogP contribution in [0.1, 0.15) is 47.8 Å². The molecule has 0 fully saturated rings. The van der Waals surface area contributed by atoms with Crippen molar-refractivity contribution >= 4 is 55.4 Å². The molecule has 1 N–H and O–H groups in total. The lowest BCUT2D eigenvalue weighted by atomic mass is 9.82. The van der Waals surface area contributed by atoms with Crippen molar-refractivity contribution in [2.45, 2.75) is 25.4 Å². The number of furan rings is 1. The molecule has 0 amide bonds. The molecule has 1 aliphatic carbocycles. The highest BCUT2D eigenvalue weighted by molar-refractivity contribution is 6.19. The minimum absolute atomic E-state index is 0.0674. The van der Waals surface area contributed by atoms with E-state index >= 15 is 0 Å². The summed E-state index contributed by atoms with van der Waals surface area (Å²) in [5, 5.41) is 8.32. The maximum atomic E-state index is 6.64. The van der Waals surface area contributed by atoms with Crippen molar-refractivity contribution in [3.05, 3.63) is 210 Å². The average molecular weight is 759 g/mol. The molecule has 1 aliphatic heterocycles. The number of nitrogens with zero attached hydrogens (tertiary/aromatic N) is 3. The molecule has 12 rings (SSSR count). The smallest absolute Gasteiger partial charge is 0.169 e. The second-order valence-corrected chi connectivity index (χ2v) is 16.2. The highest BCUT2D eigenvalue weighted by atomic mass is 16.3. The van der Waals surface area contributed by atoms with E-state index in [-0.39, 0.29) is 5.41 Å². The molecule has 280 valence electrons. The van der Waals surface area contributed by atoms with Crippen molar-refractivity contribution < 1.29 is 4.42 Å². The lowest BCUT2D eigenvalue weighted by Crippen LogP contribution is -2.36. The predicted molar refractivity (Wildman–Crippen MR) is 243 cm³/mol. The number of fused-ring (bicyclic) bond motifs is 10. The van der Waals surface area contributed by atoms with Crippen molar-refractivity contribution in [2.24, 2.45) is 9.98 Å². The van der Waals surface area contributed by atoms with Gasteiger partial charge >= 0.3 is 0 Å². The topological polar surface area (TPSA) is 54.8 Å². The second kappa shape index (κ2) is 12.8. The lowest BCUT2D eigenvalue weighted by molar-refractivity contribution is 0.661. The van der Waals surface area contributed by atoms with E-state index in [4.69, 9.17) is 14.4 Å². The Bertz CT molecular complexity index is 3370. The van der Waals surface area contributed by atoms with Crippen LogP contribution in [0, 0.1) is 0 Å². The van der Waals surface area contributed by atoms with Crippen LogP contribution in [-0.2, 0) is 5.41 Å². The molecule has 0 spiro atoms. The van der Waals surface area contributed by atoms with Crippen molar-refractivity contribution in [3.8, 4) is 27.9 Å². The molecule has 1 atom stereocenters. The summed E-state index contributed by atoms with van der Waals surface area (Å²) in [7, 11) is 0. The van der Waals surface area contributed by atoms with Crippen LogP contribution in [-0.4, -0.2) is 16.2 Å². The van der Waals surface area contributed by atoms with Crippen molar-refractivity contribution in [3.63, 3.8) is 0 Å². The first-order valence-electron chi connectivity index (χ1n) is 20.3. The Kier molecular flexibility index (Phi) is 7.27. The van der Waals surface area contributed by atoms with E-state index in [0.717, 1.165) is 67.1 Å². The summed E-state index contributed by atoms with van der Waals surface area (Å²) in [6.07, 6.45) is -0.452. The fourth-order valence-electron chi connectivity index (χ4n) is 9.61. The minimum atomic E-state index is -0.452. The number of hydrogen-bond donors (Lipinski definition) is 1. The molecule has 3 heterocycles. The van der Waals surface area contributed by atoms with Crippen LogP contribution in [0.3, 0.4) is 0 Å². The van der Waals surface area contributed by atoms with Gasteiger partial charge in [-0.2, -0.15) is 0 Å². The van der Waals surface area contributed by atoms with Gasteiger partial charge in [-0.15, -0.1) is 0 Å². The van der Waals surface area contributed by atoms with E-state index in [0.29, 0.717) is 0 Å². The summed E-state index contributed by atoms with van der Waals surface area (Å²) in [6, 6.07) is 64.6. The zero-order chi connectivity index (χ0) is 39.2. The fraction of sp³-hybridized carbons (Fsp3) is 0.0741. The largest absolute Gasteiger partial charge is 0.455 e. The van der Waals surface area contributed by atoms with Gasteiger partial charge in [0.25, 0.3) is 0 Å². The molecule has 2 aromatic heterocycles. The maximum absolute atomic E-state index is 6.64. The second-order valence-electron chi connectivity index (χ2n) is 16.2. The van der Waals surface area contributed by atoms with E-state index < -0.39 is 6.17 Å². The van der Waals surface area contributed by atoms with Crippen molar-refractivity contribution in [2.75, 3.05) is 0 Å². The molecule has 5 heteroatoms. The Morgan fingerprint density at radius 3 is 2.02 bits per heavy atom. The van der Waals surface area contributed by atoms with Gasteiger partial charge in [-0.05, 0) is 69.8 Å². The summed E-state index contributed by atoms with van der Waals surface area (Å²) < 4.78 is 9.05. The minimum Gasteiger partial charge on any atom is -0.455 e. The zero-order valence-electron chi connectivity index (χ0n) is 32.6. The standard InChI is InChI=1S/C54H38N4O/c1-54(2)43-22-11-9-18-41(43)48-44(54)30-31-46-49(48)42-19-10-12-23-45(42)58(46)37-27-24-35(25-28-37)52-55-51(34-16-7-4-8-17-34)56-53(57-52)36-26-29-39-40-21-13-20-38(33-14-5-3-6-15-33)50(40)59-47(39)32-36/h3-32,52H,1-2H3,(H,55,56,57). The molecule has 10 aromatic rings. The normalized spacial score (nSPS) is 15.6. The summed E-state index contributed by atoms with van der Waals surface area (Å²) in [4.78, 5) is 10.5. The van der Waals surface area contributed by atoms with Gasteiger partial charge in [0.1, 0.15) is 22.8 Å². The number of nitrogens with one attached hydrogen (secondary N) is 1. The SMILES string of the molecule is CC1(C)c2ccccc2-c2c1ccc1c2c2ccccc2n1-c1ccc(C2N=C(c3ccccc3)NC(c3ccc4c(c3)oc3c(-c5ccccc5)cccc34)=N2)cc1. The maximum Gasteiger partial charge on any atom is 0.169 e. The number of aliphatic imine (C=N–C) groups is 2. The highest BCUT2D eigenvalue weighted by Gasteiger charge is 2.37. The molecule has 0 saturated carbocycles. The summed E-state index contributed by atoms with van der Waals surface area (Å²) in [6.45, 7) is 4.70. The van der Waals surface area contributed by atoms with Crippen LogP contribution in [0.15, 0.2) is 196 Å². The van der Waals surface area contributed by atoms with Gasteiger partial charge in [-0.1, -0.05) is 159 Å². The van der Waals surface area contributed by atoms with Gasteiger partial charge in [0.05, 0.1) is 11.0 Å². The number of para-hydroxylation sites is 2. The van der Waals surface area contributed by atoms with Gasteiger partial charge in [-0.25, -0.2) is 9.98 Å². The third-order valence-electron chi connectivity index (χ3n) is 12.5. The van der Waals surface area contributed by atoms with Gasteiger partial charge in [-0.3, -0.25) is 0 Å². The van der Waals surface area contributed by atoms with Crippen LogP contribution >= 0.6 is 0 Å². The first-order chi connectivity index (χ1) is 29.0. The van der Waals surface area contributed by atoms with Gasteiger partial charge in [0.15, 0.2) is 6.17 Å².